The van der Waals surface area contributed by atoms with Crippen molar-refractivity contribution in [3.8, 4) is 0 Å². The molecule has 4 aliphatic carbocycles. The quantitative estimate of drug-likeness (QED) is 0.682. The summed E-state index contributed by atoms with van der Waals surface area (Å²) in [6.45, 7) is 7.11. The van der Waals surface area contributed by atoms with Gasteiger partial charge in [0.15, 0.2) is 0 Å². The third-order valence-corrected chi connectivity index (χ3v) is 9.47. The van der Waals surface area contributed by atoms with Crippen LogP contribution in [0.15, 0.2) is 0 Å². The third kappa shape index (κ3) is 1.59. The molecule has 5 aliphatic rings. The Labute approximate surface area is 135 Å². The predicted molar refractivity (Wildman–Crippen MR) is 86.4 cm³/mol. The Bertz CT molecular complexity index is 500. The molecule has 4 saturated carbocycles. The summed E-state index contributed by atoms with van der Waals surface area (Å²) < 4.78 is 5.91. The number of aliphatic hydroxyl groups is 1. The van der Waals surface area contributed by atoms with Crippen LogP contribution in [-0.4, -0.2) is 22.9 Å². The van der Waals surface area contributed by atoms with E-state index in [9.17, 15) is 5.11 Å². The summed E-state index contributed by atoms with van der Waals surface area (Å²) >= 11 is 0. The maximum absolute atomic E-state index is 11.0. The van der Waals surface area contributed by atoms with Crippen molar-refractivity contribution >= 4 is 0 Å². The predicted octanol–water partition coefficient (Wildman–Crippen LogP) is 4.16. The first-order chi connectivity index (χ1) is 10.4. The van der Waals surface area contributed by atoms with E-state index in [0.717, 1.165) is 30.1 Å². The molecule has 1 aliphatic heterocycles. The fourth-order valence-corrected chi connectivity index (χ4v) is 7.76. The van der Waals surface area contributed by atoms with Gasteiger partial charge in [-0.2, -0.15) is 0 Å². The van der Waals surface area contributed by atoms with Gasteiger partial charge in [-0.05, 0) is 92.8 Å². The number of epoxide rings is 1. The molecular formula is C20H32O2. The van der Waals surface area contributed by atoms with Crippen molar-refractivity contribution in [2.75, 3.05) is 0 Å². The molecule has 0 unspecified atom stereocenters. The van der Waals surface area contributed by atoms with Crippen molar-refractivity contribution in [1.29, 1.82) is 0 Å². The van der Waals surface area contributed by atoms with Crippen LogP contribution in [0.3, 0.4) is 0 Å². The minimum Gasteiger partial charge on any atom is -0.390 e. The molecule has 0 aromatic carbocycles. The van der Waals surface area contributed by atoms with Gasteiger partial charge in [-0.3, -0.25) is 0 Å². The van der Waals surface area contributed by atoms with Gasteiger partial charge in [0.05, 0.1) is 17.8 Å². The Kier molecular flexibility index (Phi) is 2.67. The van der Waals surface area contributed by atoms with Crippen LogP contribution in [0.4, 0.5) is 0 Å². The van der Waals surface area contributed by atoms with Gasteiger partial charge in [0.1, 0.15) is 0 Å². The summed E-state index contributed by atoms with van der Waals surface area (Å²) in [5.74, 6) is 3.42. The molecule has 5 fully saturated rings. The zero-order chi connectivity index (χ0) is 15.3. The summed E-state index contributed by atoms with van der Waals surface area (Å²) in [5.41, 5.74) is 0.263. The van der Waals surface area contributed by atoms with Crippen LogP contribution in [0.2, 0.25) is 0 Å². The van der Waals surface area contributed by atoms with Crippen molar-refractivity contribution in [2.45, 2.75) is 89.9 Å². The van der Waals surface area contributed by atoms with Gasteiger partial charge in [-0.1, -0.05) is 13.8 Å². The van der Waals surface area contributed by atoms with Crippen LogP contribution in [-0.2, 0) is 4.74 Å². The standard InChI is InChI=1S/C20H32O2/c1-18-11-17-16(22-17)10-12(18)4-5-13-14(18)6-8-19(2)15(13)7-9-20(19,3)21/h12-17,21H,4-11H2,1-3H3/t12-,13+,14-,15-,16+,17-,18-,19-,20-/m0/s1. The molecule has 0 aromatic heterocycles. The second kappa shape index (κ2) is 4.11. The van der Waals surface area contributed by atoms with E-state index in [2.05, 4.69) is 20.8 Å². The van der Waals surface area contributed by atoms with Gasteiger partial charge in [0.2, 0.25) is 0 Å². The minimum absolute atomic E-state index is 0.171. The molecule has 0 aromatic rings. The smallest absolute Gasteiger partial charge is 0.0847 e. The van der Waals surface area contributed by atoms with E-state index >= 15 is 0 Å². The van der Waals surface area contributed by atoms with Crippen molar-refractivity contribution in [3.63, 3.8) is 0 Å². The van der Waals surface area contributed by atoms with Crippen molar-refractivity contribution in [3.05, 3.63) is 0 Å². The molecular weight excluding hydrogens is 272 g/mol. The first-order valence-corrected chi connectivity index (χ1v) is 9.73. The van der Waals surface area contributed by atoms with E-state index in [1.54, 1.807) is 0 Å². The Balaban J connectivity index is 1.48. The maximum Gasteiger partial charge on any atom is 0.0847 e. The number of hydrogen-bond donors (Lipinski definition) is 1. The lowest BCUT2D eigenvalue weighted by Crippen LogP contribution is -2.56. The molecule has 0 radical (unpaired) electrons. The van der Waals surface area contributed by atoms with Gasteiger partial charge < -0.3 is 9.84 Å². The van der Waals surface area contributed by atoms with E-state index in [1.807, 2.05) is 0 Å². The Morgan fingerprint density at radius 1 is 0.909 bits per heavy atom. The first-order valence-electron chi connectivity index (χ1n) is 9.73. The van der Waals surface area contributed by atoms with Crippen LogP contribution in [0.25, 0.3) is 0 Å². The molecule has 9 atom stereocenters. The van der Waals surface area contributed by atoms with E-state index < -0.39 is 5.60 Å². The van der Waals surface area contributed by atoms with Gasteiger partial charge in [-0.25, -0.2) is 0 Å². The molecule has 1 heterocycles. The molecule has 1 saturated heterocycles. The maximum atomic E-state index is 11.0. The zero-order valence-electron chi connectivity index (χ0n) is 14.5. The molecule has 0 bridgehead atoms. The van der Waals surface area contributed by atoms with Gasteiger partial charge in [0.25, 0.3) is 0 Å². The molecule has 2 heteroatoms. The lowest BCUT2D eigenvalue weighted by Gasteiger charge is -2.60. The summed E-state index contributed by atoms with van der Waals surface area (Å²) in [6.07, 6.45) is 11.6. The molecule has 124 valence electrons. The summed E-state index contributed by atoms with van der Waals surface area (Å²) in [7, 11) is 0. The Morgan fingerprint density at radius 2 is 1.68 bits per heavy atom. The molecule has 2 nitrogen and oxygen atoms in total. The molecule has 1 N–H and O–H groups in total. The van der Waals surface area contributed by atoms with E-state index in [-0.39, 0.29) is 5.41 Å². The third-order valence-electron chi connectivity index (χ3n) is 9.47. The van der Waals surface area contributed by atoms with Crippen LogP contribution in [0.5, 0.6) is 0 Å². The molecule has 5 rings (SSSR count). The number of ether oxygens (including phenoxy) is 1. The highest BCUT2D eigenvalue weighted by Gasteiger charge is 2.65. The van der Waals surface area contributed by atoms with E-state index in [0.29, 0.717) is 17.6 Å². The lowest BCUT2D eigenvalue weighted by molar-refractivity contribution is -0.143. The average molecular weight is 304 g/mol. The number of fused-ring (bicyclic) bond motifs is 6. The fraction of sp³-hybridized carbons (Fsp3) is 1.00. The Morgan fingerprint density at radius 3 is 2.50 bits per heavy atom. The summed E-state index contributed by atoms with van der Waals surface area (Å²) in [6, 6.07) is 0. The highest BCUT2D eigenvalue weighted by Crippen LogP contribution is 2.69. The normalized spacial score (nSPS) is 66.0. The summed E-state index contributed by atoms with van der Waals surface area (Å²) in [4.78, 5) is 0. The van der Waals surface area contributed by atoms with Crippen molar-refractivity contribution in [2.24, 2.45) is 34.5 Å². The SMILES string of the molecule is C[C@]12C[C@@H]3O[C@@H]3C[C@@H]1CC[C@@H]1[C@@H]2CC[C@@]2(C)[C@H]1CC[C@]2(C)O. The molecule has 22 heavy (non-hydrogen) atoms. The number of hydrogen-bond acceptors (Lipinski definition) is 2. The lowest BCUT2D eigenvalue weighted by atomic mass is 9.44. The second-order valence-corrected chi connectivity index (χ2v) is 10.1. The topological polar surface area (TPSA) is 32.8 Å². The number of rotatable bonds is 0. The van der Waals surface area contributed by atoms with Crippen LogP contribution in [0.1, 0.15) is 72.1 Å². The largest absolute Gasteiger partial charge is 0.390 e. The summed E-state index contributed by atoms with van der Waals surface area (Å²) in [5, 5.41) is 11.0. The van der Waals surface area contributed by atoms with Gasteiger partial charge in [-0.15, -0.1) is 0 Å². The second-order valence-electron chi connectivity index (χ2n) is 10.1. The Hall–Kier alpha value is -0.0800. The molecule has 0 amide bonds. The highest BCUT2D eigenvalue weighted by molar-refractivity contribution is 5.14. The minimum atomic E-state index is -0.433. The average Bonchev–Trinajstić information content (AvgIpc) is 3.14. The van der Waals surface area contributed by atoms with Gasteiger partial charge >= 0.3 is 0 Å². The highest BCUT2D eigenvalue weighted by atomic mass is 16.6. The monoisotopic (exact) mass is 304 g/mol. The fourth-order valence-electron chi connectivity index (χ4n) is 7.76. The van der Waals surface area contributed by atoms with Crippen LogP contribution in [0, 0.1) is 34.5 Å². The van der Waals surface area contributed by atoms with Crippen molar-refractivity contribution < 1.29 is 9.84 Å². The first kappa shape index (κ1) is 14.3. The van der Waals surface area contributed by atoms with Crippen LogP contribution >= 0.6 is 0 Å². The molecule has 0 spiro atoms. The van der Waals surface area contributed by atoms with Gasteiger partial charge in [0, 0.05) is 0 Å². The van der Waals surface area contributed by atoms with E-state index in [4.69, 9.17) is 4.74 Å². The van der Waals surface area contributed by atoms with E-state index in [1.165, 1.54) is 44.9 Å². The zero-order valence-corrected chi connectivity index (χ0v) is 14.5. The van der Waals surface area contributed by atoms with Crippen LogP contribution < -0.4 is 0 Å². The van der Waals surface area contributed by atoms with Crippen molar-refractivity contribution in [1.82, 2.24) is 0 Å².